The molecule has 2 N–H and O–H groups in total. The van der Waals surface area contributed by atoms with E-state index in [4.69, 9.17) is 4.74 Å². The lowest BCUT2D eigenvalue weighted by atomic mass is 9.85. The van der Waals surface area contributed by atoms with Crippen LogP contribution in [0.5, 0.6) is 11.5 Å². The summed E-state index contributed by atoms with van der Waals surface area (Å²) in [6.45, 7) is 3.73. The zero-order valence-electron chi connectivity index (χ0n) is 18.2. The first kappa shape index (κ1) is 22.0. The molecule has 3 aromatic rings. The minimum absolute atomic E-state index is 0.0555. The Morgan fingerprint density at radius 2 is 1.61 bits per heavy atom. The highest BCUT2D eigenvalue weighted by Gasteiger charge is 2.35. The third kappa shape index (κ3) is 4.28. The van der Waals surface area contributed by atoms with Gasteiger partial charge in [-0.2, -0.15) is 0 Å². The predicted molar refractivity (Wildman–Crippen MR) is 124 cm³/mol. The van der Waals surface area contributed by atoms with Crippen LogP contribution in [0.2, 0.25) is 0 Å². The number of Topliss-reactive ketones (excluding diaryl/α,β-unsaturated/α-hetero) is 1. The normalized spacial score (nSPS) is 13.8. The number of ketones is 2. The van der Waals surface area contributed by atoms with Crippen LogP contribution in [0.25, 0.3) is 10.8 Å². The zero-order valence-corrected chi connectivity index (χ0v) is 18.2. The molecule has 0 amide bonds. The van der Waals surface area contributed by atoms with E-state index in [1.54, 1.807) is 18.2 Å². The number of carbonyl (C=O) groups excluding carboxylic acids is 3. The lowest BCUT2D eigenvalue weighted by Gasteiger charge is -2.23. The molecule has 0 aliphatic heterocycles. The molecule has 0 saturated carbocycles. The number of allylic oxidation sites excluding steroid dienone is 2. The van der Waals surface area contributed by atoms with Crippen LogP contribution in [0.3, 0.4) is 0 Å². The van der Waals surface area contributed by atoms with Gasteiger partial charge in [0, 0.05) is 12.0 Å². The van der Waals surface area contributed by atoms with E-state index >= 15 is 0 Å². The van der Waals surface area contributed by atoms with Crippen molar-refractivity contribution in [1.82, 2.24) is 0 Å². The number of fused-ring (bicyclic) bond motifs is 2. The summed E-state index contributed by atoms with van der Waals surface area (Å²) in [6.07, 6.45) is 1.99. The first-order valence-electron chi connectivity index (χ1n) is 10.4. The van der Waals surface area contributed by atoms with Gasteiger partial charge in [-0.15, -0.1) is 0 Å². The van der Waals surface area contributed by atoms with Gasteiger partial charge in [-0.05, 0) is 55.0 Å². The second-order valence-electron chi connectivity index (χ2n) is 8.12. The van der Waals surface area contributed by atoms with Crippen molar-refractivity contribution in [3.05, 3.63) is 94.6 Å². The standard InChI is InChI=1S/C27H22O6/c1-15(2)7-12-23(33-27(32)18-9-8-16-5-3-4-6-17(16)13-18)19-14-22(30)24-20(28)10-11-21(29)25(24)26(19)31/h3-11,13-14,23,28-29H,12H2,1-2H3/t23-/m1/s1. The number of hydrogen-bond acceptors (Lipinski definition) is 6. The van der Waals surface area contributed by atoms with E-state index in [1.807, 2.05) is 44.2 Å². The Hall–Kier alpha value is -4.19. The lowest BCUT2D eigenvalue weighted by Crippen LogP contribution is -2.29. The molecule has 0 heterocycles. The third-order valence-electron chi connectivity index (χ3n) is 5.51. The third-order valence-corrected chi connectivity index (χ3v) is 5.51. The van der Waals surface area contributed by atoms with Crippen molar-refractivity contribution in [2.75, 3.05) is 0 Å². The van der Waals surface area contributed by atoms with Crippen molar-refractivity contribution >= 4 is 28.3 Å². The zero-order chi connectivity index (χ0) is 23.7. The minimum atomic E-state index is -1.05. The Morgan fingerprint density at radius 3 is 2.30 bits per heavy atom. The first-order chi connectivity index (χ1) is 15.8. The molecule has 0 saturated heterocycles. The molecule has 6 heteroatoms. The Bertz CT molecular complexity index is 1360. The van der Waals surface area contributed by atoms with Crippen LogP contribution in [0.1, 0.15) is 51.3 Å². The van der Waals surface area contributed by atoms with Gasteiger partial charge in [0.15, 0.2) is 11.6 Å². The van der Waals surface area contributed by atoms with Gasteiger partial charge in [-0.1, -0.05) is 42.0 Å². The Labute approximate surface area is 190 Å². The first-order valence-corrected chi connectivity index (χ1v) is 10.4. The molecule has 4 rings (SSSR count). The summed E-state index contributed by atoms with van der Waals surface area (Å²) in [7, 11) is 0. The minimum Gasteiger partial charge on any atom is -0.507 e. The summed E-state index contributed by atoms with van der Waals surface area (Å²) in [5.74, 6) is -2.77. The second-order valence-corrected chi connectivity index (χ2v) is 8.12. The van der Waals surface area contributed by atoms with Crippen molar-refractivity contribution in [2.45, 2.75) is 26.4 Å². The lowest BCUT2D eigenvalue weighted by molar-refractivity contribution is 0.0372. The van der Waals surface area contributed by atoms with E-state index in [9.17, 15) is 24.6 Å². The van der Waals surface area contributed by atoms with Crippen LogP contribution in [-0.2, 0) is 4.74 Å². The molecule has 0 bridgehead atoms. The number of benzene rings is 3. The molecule has 0 fully saturated rings. The second kappa shape index (κ2) is 8.74. The van der Waals surface area contributed by atoms with Crippen LogP contribution in [0.4, 0.5) is 0 Å². The summed E-state index contributed by atoms with van der Waals surface area (Å²) >= 11 is 0. The monoisotopic (exact) mass is 442 g/mol. The molecule has 1 aliphatic carbocycles. The SMILES string of the molecule is CC(C)=CC[C@@H](OC(=O)c1ccc2ccccc2c1)C1=CC(=O)c2c(O)ccc(O)c2C1=O. The van der Waals surface area contributed by atoms with E-state index in [1.165, 1.54) is 0 Å². The molecule has 6 nitrogen and oxygen atoms in total. The molecule has 33 heavy (non-hydrogen) atoms. The van der Waals surface area contributed by atoms with Crippen LogP contribution in [-0.4, -0.2) is 33.9 Å². The topological polar surface area (TPSA) is 101 Å². The van der Waals surface area contributed by atoms with Crippen molar-refractivity contribution in [3.8, 4) is 11.5 Å². The molecular weight excluding hydrogens is 420 g/mol. The van der Waals surface area contributed by atoms with Gasteiger partial charge in [0.2, 0.25) is 0 Å². The van der Waals surface area contributed by atoms with E-state index in [2.05, 4.69) is 0 Å². The maximum atomic E-state index is 13.2. The van der Waals surface area contributed by atoms with Crippen LogP contribution >= 0.6 is 0 Å². The number of rotatable bonds is 5. The number of phenolic OH excluding ortho intramolecular Hbond substituents is 2. The molecule has 3 aromatic carbocycles. The Kier molecular flexibility index (Phi) is 5.84. The summed E-state index contributed by atoms with van der Waals surface area (Å²) in [4.78, 5) is 38.9. The van der Waals surface area contributed by atoms with Crippen LogP contribution < -0.4 is 0 Å². The molecule has 0 radical (unpaired) electrons. The van der Waals surface area contributed by atoms with Gasteiger partial charge < -0.3 is 14.9 Å². The largest absolute Gasteiger partial charge is 0.507 e. The highest BCUT2D eigenvalue weighted by Crippen LogP contribution is 2.36. The number of carbonyl (C=O) groups is 3. The van der Waals surface area contributed by atoms with Gasteiger partial charge in [0.05, 0.1) is 16.7 Å². The average Bonchev–Trinajstić information content (AvgIpc) is 2.80. The molecular formula is C27H22O6. The fourth-order valence-electron chi connectivity index (χ4n) is 3.82. The summed E-state index contributed by atoms with van der Waals surface area (Å²) in [6, 6.07) is 15.0. The van der Waals surface area contributed by atoms with E-state index in [-0.39, 0.29) is 23.1 Å². The summed E-state index contributed by atoms with van der Waals surface area (Å²) in [5.41, 5.74) is 0.650. The molecule has 1 aliphatic rings. The van der Waals surface area contributed by atoms with E-state index in [0.29, 0.717) is 5.56 Å². The van der Waals surface area contributed by atoms with Gasteiger partial charge >= 0.3 is 5.97 Å². The molecule has 1 atom stereocenters. The van der Waals surface area contributed by atoms with Crippen molar-refractivity contribution in [3.63, 3.8) is 0 Å². The van der Waals surface area contributed by atoms with E-state index < -0.39 is 35.1 Å². The highest BCUT2D eigenvalue weighted by molar-refractivity contribution is 6.27. The van der Waals surface area contributed by atoms with Crippen LogP contribution in [0, 0.1) is 0 Å². The Morgan fingerprint density at radius 1 is 0.939 bits per heavy atom. The fraction of sp³-hybridized carbons (Fsp3) is 0.148. The number of aromatic hydroxyl groups is 2. The molecule has 0 spiro atoms. The average molecular weight is 442 g/mol. The maximum Gasteiger partial charge on any atom is 0.338 e. The smallest absolute Gasteiger partial charge is 0.338 e. The number of phenols is 2. The fourth-order valence-corrected chi connectivity index (χ4v) is 3.82. The van der Waals surface area contributed by atoms with Crippen molar-refractivity contribution < 1.29 is 29.3 Å². The Balaban J connectivity index is 1.71. The summed E-state index contributed by atoms with van der Waals surface area (Å²) < 4.78 is 5.71. The summed E-state index contributed by atoms with van der Waals surface area (Å²) in [5, 5.41) is 22.1. The number of ether oxygens (including phenoxy) is 1. The van der Waals surface area contributed by atoms with Gasteiger partial charge in [0.1, 0.15) is 17.6 Å². The number of hydrogen-bond donors (Lipinski definition) is 2. The van der Waals surface area contributed by atoms with E-state index in [0.717, 1.165) is 34.6 Å². The van der Waals surface area contributed by atoms with Crippen LogP contribution in [0.15, 0.2) is 77.9 Å². The van der Waals surface area contributed by atoms with Crippen molar-refractivity contribution in [2.24, 2.45) is 0 Å². The quantitative estimate of drug-likeness (QED) is 0.322. The molecule has 166 valence electrons. The maximum absolute atomic E-state index is 13.2. The number of esters is 1. The molecule has 0 aromatic heterocycles. The van der Waals surface area contributed by atoms with Gasteiger partial charge in [-0.25, -0.2) is 4.79 Å². The highest BCUT2D eigenvalue weighted by atomic mass is 16.5. The van der Waals surface area contributed by atoms with Crippen molar-refractivity contribution in [1.29, 1.82) is 0 Å². The van der Waals surface area contributed by atoms with Gasteiger partial charge in [0.25, 0.3) is 0 Å². The van der Waals surface area contributed by atoms with Gasteiger partial charge in [-0.3, -0.25) is 9.59 Å². The predicted octanol–water partition coefficient (Wildman–Crippen LogP) is 5.14. The molecule has 0 unspecified atom stereocenters.